The van der Waals surface area contributed by atoms with Gasteiger partial charge in [-0.3, -0.25) is 14.5 Å². The van der Waals surface area contributed by atoms with E-state index < -0.39 is 12.4 Å². The quantitative estimate of drug-likeness (QED) is 0.554. The number of ether oxygens (including phenoxy) is 3. The third-order valence-corrected chi connectivity index (χ3v) is 6.11. The SMILES string of the molecule is CCCCN1C[C@H](NC(=O)CCC)[C@@H](OC(=O)CCC)[C@@H]2O[C@H](c3ccccc3)OC[C@H]21. The second kappa shape index (κ2) is 12.3. The summed E-state index contributed by atoms with van der Waals surface area (Å²) in [6.45, 7) is 8.09. The van der Waals surface area contributed by atoms with E-state index >= 15 is 0 Å². The zero-order chi connectivity index (χ0) is 22.9. The Morgan fingerprint density at radius 3 is 2.53 bits per heavy atom. The van der Waals surface area contributed by atoms with Crippen LogP contribution in [0.5, 0.6) is 0 Å². The summed E-state index contributed by atoms with van der Waals surface area (Å²) in [5, 5.41) is 3.13. The smallest absolute Gasteiger partial charge is 0.306 e. The summed E-state index contributed by atoms with van der Waals surface area (Å²) in [6.07, 6.45) is 2.94. The van der Waals surface area contributed by atoms with Gasteiger partial charge in [0, 0.05) is 24.9 Å². The van der Waals surface area contributed by atoms with Crippen LogP contribution in [0, 0.1) is 0 Å². The summed E-state index contributed by atoms with van der Waals surface area (Å²) in [7, 11) is 0. The Morgan fingerprint density at radius 1 is 1.09 bits per heavy atom. The molecule has 1 aromatic carbocycles. The van der Waals surface area contributed by atoms with Crippen LogP contribution in [0.3, 0.4) is 0 Å². The average Bonchev–Trinajstić information content (AvgIpc) is 2.80. The molecule has 32 heavy (non-hydrogen) atoms. The van der Waals surface area contributed by atoms with Gasteiger partial charge in [-0.1, -0.05) is 57.5 Å². The third kappa shape index (κ3) is 6.30. The van der Waals surface area contributed by atoms with Crippen LogP contribution < -0.4 is 5.32 Å². The molecule has 7 heteroatoms. The fourth-order valence-corrected chi connectivity index (χ4v) is 4.49. The summed E-state index contributed by atoms with van der Waals surface area (Å²) >= 11 is 0. The number of rotatable bonds is 10. The lowest BCUT2D eigenvalue weighted by atomic mass is 9.90. The number of nitrogens with one attached hydrogen (secondary N) is 1. The van der Waals surface area contributed by atoms with Crippen molar-refractivity contribution in [2.45, 2.75) is 89.9 Å². The normalized spacial score (nSPS) is 28.0. The second-order valence-electron chi connectivity index (χ2n) is 8.72. The summed E-state index contributed by atoms with van der Waals surface area (Å²) in [5.41, 5.74) is 0.932. The summed E-state index contributed by atoms with van der Waals surface area (Å²) in [6, 6.07) is 9.46. The van der Waals surface area contributed by atoms with E-state index in [4.69, 9.17) is 14.2 Å². The van der Waals surface area contributed by atoms with E-state index in [1.54, 1.807) is 0 Å². The van der Waals surface area contributed by atoms with Crippen molar-refractivity contribution in [3.63, 3.8) is 0 Å². The Labute approximate surface area is 191 Å². The molecule has 0 saturated carbocycles. The van der Waals surface area contributed by atoms with E-state index in [-0.39, 0.29) is 30.1 Å². The molecule has 0 aromatic heterocycles. The van der Waals surface area contributed by atoms with Crippen LogP contribution in [-0.4, -0.2) is 60.8 Å². The first-order valence-corrected chi connectivity index (χ1v) is 12.1. The number of hydrogen-bond acceptors (Lipinski definition) is 6. The first kappa shape index (κ1) is 24.7. The van der Waals surface area contributed by atoms with Gasteiger partial charge in [0.25, 0.3) is 0 Å². The molecule has 1 N–H and O–H groups in total. The monoisotopic (exact) mass is 446 g/mol. The first-order chi connectivity index (χ1) is 15.6. The van der Waals surface area contributed by atoms with Crippen LogP contribution in [0.2, 0.25) is 0 Å². The average molecular weight is 447 g/mol. The minimum Gasteiger partial charge on any atom is -0.457 e. The van der Waals surface area contributed by atoms with Crippen molar-refractivity contribution in [2.24, 2.45) is 0 Å². The van der Waals surface area contributed by atoms with Crippen molar-refractivity contribution in [3.8, 4) is 0 Å². The topological polar surface area (TPSA) is 77.1 Å². The molecule has 0 spiro atoms. The van der Waals surface area contributed by atoms with Gasteiger partial charge in [-0.2, -0.15) is 0 Å². The Balaban J connectivity index is 1.87. The van der Waals surface area contributed by atoms with E-state index in [0.29, 0.717) is 32.4 Å². The van der Waals surface area contributed by atoms with Gasteiger partial charge in [0.05, 0.1) is 18.7 Å². The molecule has 5 atom stereocenters. The van der Waals surface area contributed by atoms with E-state index in [9.17, 15) is 9.59 Å². The van der Waals surface area contributed by atoms with Crippen LogP contribution in [0.4, 0.5) is 0 Å². The molecule has 2 aliphatic rings. The first-order valence-electron chi connectivity index (χ1n) is 12.1. The zero-order valence-corrected chi connectivity index (χ0v) is 19.6. The third-order valence-electron chi connectivity index (χ3n) is 6.11. The fourth-order valence-electron chi connectivity index (χ4n) is 4.49. The standard InChI is InChI=1S/C25H38N2O5/c1-4-7-15-27-16-19(26-21(28)11-5-2)23(31-22(29)12-6-3)24-20(27)17-30-25(32-24)18-13-9-8-10-14-18/h8-10,13-14,19-20,23-25H,4-7,11-12,15-17H2,1-3H3,(H,26,28)/t19-,20+,23+,24+,25+/m0/s1. The Hall–Kier alpha value is -1.96. The number of unbranched alkanes of at least 4 members (excludes halogenated alkanes) is 1. The number of carbonyl (C=O) groups excluding carboxylic acids is 2. The molecular formula is C25H38N2O5. The summed E-state index contributed by atoms with van der Waals surface area (Å²) in [4.78, 5) is 27.3. The van der Waals surface area contributed by atoms with Gasteiger partial charge in [0.15, 0.2) is 12.4 Å². The number of likely N-dealkylation sites (tertiary alicyclic amines) is 1. The largest absolute Gasteiger partial charge is 0.457 e. The number of amides is 1. The Bertz CT molecular complexity index is 728. The molecule has 3 rings (SSSR count). The number of benzene rings is 1. The fraction of sp³-hybridized carbons (Fsp3) is 0.680. The lowest BCUT2D eigenvalue weighted by molar-refractivity contribution is -0.280. The number of carbonyl (C=O) groups is 2. The Kier molecular flexibility index (Phi) is 9.51. The highest BCUT2D eigenvalue weighted by Crippen LogP contribution is 2.35. The van der Waals surface area contributed by atoms with Gasteiger partial charge in [-0.05, 0) is 25.8 Å². The number of nitrogens with zero attached hydrogens (tertiary/aromatic N) is 1. The molecule has 1 aromatic rings. The molecular weight excluding hydrogens is 408 g/mol. The number of piperidine rings is 1. The molecule has 0 aliphatic carbocycles. The molecule has 2 heterocycles. The molecule has 2 aliphatic heterocycles. The van der Waals surface area contributed by atoms with Crippen LogP contribution in [-0.2, 0) is 23.8 Å². The molecule has 0 unspecified atom stereocenters. The van der Waals surface area contributed by atoms with Crippen LogP contribution in [0.1, 0.15) is 71.1 Å². The van der Waals surface area contributed by atoms with Crippen molar-refractivity contribution in [1.82, 2.24) is 10.2 Å². The second-order valence-corrected chi connectivity index (χ2v) is 8.72. The molecule has 2 saturated heterocycles. The van der Waals surface area contributed by atoms with Gasteiger partial charge >= 0.3 is 5.97 Å². The van der Waals surface area contributed by atoms with Gasteiger partial charge in [-0.25, -0.2) is 0 Å². The highest BCUT2D eigenvalue weighted by atomic mass is 16.7. The molecule has 0 bridgehead atoms. The van der Waals surface area contributed by atoms with Crippen LogP contribution in [0.25, 0.3) is 0 Å². The molecule has 1 amide bonds. The summed E-state index contributed by atoms with van der Waals surface area (Å²) < 4.78 is 18.5. The lowest BCUT2D eigenvalue weighted by Crippen LogP contribution is -2.69. The van der Waals surface area contributed by atoms with Crippen molar-refractivity contribution in [2.75, 3.05) is 19.7 Å². The van der Waals surface area contributed by atoms with Crippen molar-refractivity contribution in [1.29, 1.82) is 0 Å². The van der Waals surface area contributed by atoms with Crippen molar-refractivity contribution in [3.05, 3.63) is 35.9 Å². The Morgan fingerprint density at radius 2 is 1.84 bits per heavy atom. The van der Waals surface area contributed by atoms with E-state index in [1.807, 2.05) is 44.2 Å². The maximum atomic E-state index is 12.5. The van der Waals surface area contributed by atoms with Gasteiger partial charge in [0.2, 0.25) is 5.91 Å². The van der Waals surface area contributed by atoms with Gasteiger partial charge in [-0.15, -0.1) is 0 Å². The van der Waals surface area contributed by atoms with E-state index in [2.05, 4.69) is 17.1 Å². The van der Waals surface area contributed by atoms with Crippen molar-refractivity contribution >= 4 is 11.9 Å². The van der Waals surface area contributed by atoms with E-state index in [0.717, 1.165) is 31.4 Å². The predicted octanol–water partition coefficient (Wildman–Crippen LogP) is 3.58. The van der Waals surface area contributed by atoms with Crippen LogP contribution >= 0.6 is 0 Å². The zero-order valence-electron chi connectivity index (χ0n) is 19.6. The van der Waals surface area contributed by atoms with Crippen LogP contribution in [0.15, 0.2) is 30.3 Å². The lowest BCUT2D eigenvalue weighted by Gasteiger charge is -2.51. The van der Waals surface area contributed by atoms with Gasteiger partial charge in [0.1, 0.15) is 6.10 Å². The maximum Gasteiger partial charge on any atom is 0.306 e. The highest BCUT2D eigenvalue weighted by molar-refractivity contribution is 5.76. The van der Waals surface area contributed by atoms with Crippen molar-refractivity contribution < 1.29 is 23.8 Å². The minimum atomic E-state index is -0.548. The van der Waals surface area contributed by atoms with E-state index in [1.165, 1.54) is 0 Å². The molecule has 178 valence electrons. The number of esters is 1. The molecule has 0 radical (unpaired) electrons. The summed E-state index contributed by atoms with van der Waals surface area (Å²) in [5.74, 6) is -0.269. The maximum absolute atomic E-state index is 12.5. The van der Waals surface area contributed by atoms with Gasteiger partial charge < -0.3 is 19.5 Å². The molecule has 2 fully saturated rings. The minimum absolute atomic E-state index is 0.0189. The predicted molar refractivity (Wildman–Crippen MR) is 122 cm³/mol. The number of fused-ring (bicyclic) bond motifs is 1. The highest BCUT2D eigenvalue weighted by Gasteiger charge is 2.50. The molecule has 7 nitrogen and oxygen atoms in total. The number of hydrogen-bond donors (Lipinski definition) is 1.